The summed E-state index contributed by atoms with van der Waals surface area (Å²) in [6.45, 7) is 2.47. The van der Waals surface area contributed by atoms with E-state index >= 15 is 0 Å². The molecule has 1 aliphatic heterocycles. The molecule has 1 aromatic carbocycles. The molecule has 5 nitrogen and oxygen atoms in total. The van der Waals surface area contributed by atoms with Gasteiger partial charge >= 0.3 is 0 Å². The van der Waals surface area contributed by atoms with Crippen molar-refractivity contribution in [3.8, 4) is 0 Å². The Kier molecular flexibility index (Phi) is 6.42. The third-order valence-electron chi connectivity index (χ3n) is 4.03. The lowest BCUT2D eigenvalue weighted by molar-refractivity contribution is -0.138. The molecule has 1 heterocycles. The van der Waals surface area contributed by atoms with Crippen LogP contribution in [0.1, 0.15) is 18.4 Å². The first-order chi connectivity index (χ1) is 11.0. The first-order valence-corrected chi connectivity index (χ1v) is 8.28. The quantitative estimate of drug-likeness (QED) is 0.860. The van der Waals surface area contributed by atoms with E-state index < -0.39 is 0 Å². The second-order valence-corrected chi connectivity index (χ2v) is 6.67. The molecule has 2 amide bonds. The molecule has 1 fully saturated rings. The van der Waals surface area contributed by atoms with Crippen LogP contribution in [-0.4, -0.2) is 55.3 Å². The van der Waals surface area contributed by atoms with E-state index in [1.54, 1.807) is 0 Å². The van der Waals surface area contributed by atoms with Gasteiger partial charge in [-0.25, -0.2) is 0 Å². The molecule has 6 heteroatoms. The summed E-state index contributed by atoms with van der Waals surface area (Å²) in [4.78, 5) is 28.0. The van der Waals surface area contributed by atoms with Crippen LogP contribution in [-0.2, 0) is 16.1 Å². The highest BCUT2D eigenvalue weighted by Gasteiger charge is 2.28. The zero-order valence-electron chi connectivity index (χ0n) is 13.7. The third-order valence-corrected chi connectivity index (χ3v) is 4.28. The summed E-state index contributed by atoms with van der Waals surface area (Å²) >= 11 is 5.92. The molecule has 0 aliphatic carbocycles. The van der Waals surface area contributed by atoms with E-state index in [-0.39, 0.29) is 17.7 Å². The van der Waals surface area contributed by atoms with Crippen molar-refractivity contribution in [2.75, 3.05) is 33.7 Å². The lowest BCUT2D eigenvalue weighted by Crippen LogP contribution is -2.46. The minimum atomic E-state index is -0.123. The minimum Gasteiger partial charge on any atom is -0.355 e. The molecule has 1 aromatic rings. The number of amides is 2. The molecule has 0 aromatic heterocycles. The molecular weight excluding hydrogens is 314 g/mol. The average molecular weight is 338 g/mol. The Morgan fingerprint density at radius 2 is 1.96 bits per heavy atom. The molecule has 0 unspecified atom stereocenters. The fourth-order valence-electron chi connectivity index (χ4n) is 2.60. The summed E-state index contributed by atoms with van der Waals surface area (Å²) in [6.07, 6.45) is 1.06. The van der Waals surface area contributed by atoms with Crippen LogP contribution < -0.4 is 5.32 Å². The van der Waals surface area contributed by atoms with Crippen molar-refractivity contribution >= 4 is 23.4 Å². The standard InChI is InChI=1S/C17H24ClN3O2/c1-20(2)9-10-21(12-13-3-6-15(18)7-4-13)17(23)14-5-8-16(22)19-11-14/h3-4,6-7,14H,5,8-12H2,1-2H3,(H,19,22)/t14-/m0/s1. The Balaban J connectivity index is 2.04. The zero-order valence-corrected chi connectivity index (χ0v) is 14.5. The van der Waals surface area contributed by atoms with Crippen LogP contribution in [0.4, 0.5) is 0 Å². The maximum Gasteiger partial charge on any atom is 0.227 e. The lowest BCUT2D eigenvalue weighted by atomic mass is 9.97. The van der Waals surface area contributed by atoms with E-state index in [9.17, 15) is 9.59 Å². The number of halogens is 1. The van der Waals surface area contributed by atoms with Gasteiger partial charge < -0.3 is 15.1 Å². The van der Waals surface area contributed by atoms with Crippen LogP contribution in [0.5, 0.6) is 0 Å². The van der Waals surface area contributed by atoms with E-state index in [0.29, 0.717) is 37.5 Å². The summed E-state index contributed by atoms with van der Waals surface area (Å²) in [5.74, 6) is 0.0237. The van der Waals surface area contributed by atoms with Gasteiger partial charge in [-0.15, -0.1) is 0 Å². The van der Waals surface area contributed by atoms with Crippen molar-refractivity contribution in [2.24, 2.45) is 5.92 Å². The zero-order chi connectivity index (χ0) is 16.8. The number of nitrogens with one attached hydrogen (secondary N) is 1. The molecule has 0 radical (unpaired) electrons. The number of carbonyl (C=O) groups excluding carboxylic acids is 2. The number of hydrogen-bond donors (Lipinski definition) is 1. The number of nitrogens with zero attached hydrogens (tertiary/aromatic N) is 2. The molecule has 1 saturated heterocycles. The molecule has 2 rings (SSSR count). The van der Waals surface area contributed by atoms with Gasteiger partial charge in [0, 0.05) is 37.6 Å². The number of likely N-dealkylation sites (N-methyl/N-ethyl adjacent to an activating group) is 1. The molecule has 126 valence electrons. The van der Waals surface area contributed by atoms with Crippen LogP contribution in [0.25, 0.3) is 0 Å². The normalized spacial score (nSPS) is 17.9. The van der Waals surface area contributed by atoms with Crippen LogP contribution in [0.15, 0.2) is 24.3 Å². The van der Waals surface area contributed by atoms with Gasteiger partial charge in [0.05, 0.1) is 5.92 Å². The minimum absolute atomic E-state index is 0.0339. The second-order valence-electron chi connectivity index (χ2n) is 6.23. The van der Waals surface area contributed by atoms with E-state index in [0.717, 1.165) is 12.1 Å². The monoisotopic (exact) mass is 337 g/mol. The van der Waals surface area contributed by atoms with Crippen molar-refractivity contribution in [3.63, 3.8) is 0 Å². The van der Waals surface area contributed by atoms with Crippen molar-refractivity contribution in [1.29, 1.82) is 0 Å². The van der Waals surface area contributed by atoms with Crippen LogP contribution >= 0.6 is 11.6 Å². The second kappa shape index (κ2) is 8.31. The number of rotatable bonds is 6. The first-order valence-electron chi connectivity index (χ1n) is 7.90. The average Bonchev–Trinajstić information content (AvgIpc) is 2.53. The summed E-state index contributed by atoms with van der Waals surface area (Å²) in [6, 6.07) is 7.57. The van der Waals surface area contributed by atoms with Gasteiger partial charge in [-0.05, 0) is 38.2 Å². The van der Waals surface area contributed by atoms with Gasteiger partial charge in [0.25, 0.3) is 0 Å². The summed E-state index contributed by atoms with van der Waals surface area (Å²) in [7, 11) is 3.98. The Morgan fingerprint density at radius 1 is 1.26 bits per heavy atom. The molecule has 1 aliphatic rings. The van der Waals surface area contributed by atoms with Gasteiger partial charge in [0.2, 0.25) is 11.8 Å². The maximum absolute atomic E-state index is 12.8. The molecule has 0 saturated carbocycles. The van der Waals surface area contributed by atoms with E-state index in [1.165, 1.54) is 0 Å². The topological polar surface area (TPSA) is 52.7 Å². The van der Waals surface area contributed by atoms with E-state index in [4.69, 9.17) is 11.6 Å². The van der Waals surface area contributed by atoms with Crippen LogP contribution in [0.2, 0.25) is 5.02 Å². The van der Waals surface area contributed by atoms with Crippen molar-refractivity contribution < 1.29 is 9.59 Å². The molecule has 1 atom stereocenters. The first kappa shape index (κ1) is 17.8. The Morgan fingerprint density at radius 3 is 2.52 bits per heavy atom. The van der Waals surface area contributed by atoms with Crippen molar-refractivity contribution in [1.82, 2.24) is 15.1 Å². The van der Waals surface area contributed by atoms with Gasteiger partial charge in [0.15, 0.2) is 0 Å². The van der Waals surface area contributed by atoms with Crippen molar-refractivity contribution in [3.05, 3.63) is 34.9 Å². The maximum atomic E-state index is 12.8. The van der Waals surface area contributed by atoms with Gasteiger partial charge in [-0.1, -0.05) is 23.7 Å². The van der Waals surface area contributed by atoms with Gasteiger partial charge in [-0.3, -0.25) is 9.59 Å². The smallest absolute Gasteiger partial charge is 0.227 e. The SMILES string of the molecule is CN(C)CCN(Cc1ccc(Cl)cc1)C(=O)[C@H]1CCC(=O)NC1. The fourth-order valence-corrected chi connectivity index (χ4v) is 2.73. The molecule has 0 spiro atoms. The highest BCUT2D eigenvalue weighted by Crippen LogP contribution is 2.17. The molecule has 0 bridgehead atoms. The number of benzene rings is 1. The Hall–Kier alpha value is -1.59. The molecular formula is C17H24ClN3O2. The molecule has 1 N–H and O–H groups in total. The summed E-state index contributed by atoms with van der Waals surface area (Å²) < 4.78 is 0. The van der Waals surface area contributed by atoms with Gasteiger partial charge in [0.1, 0.15) is 0 Å². The molecule has 23 heavy (non-hydrogen) atoms. The Bertz CT molecular complexity index is 535. The Labute approximate surface area is 142 Å². The predicted molar refractivity (Wildman–Crippen MR) is 91.2 cm³/mol. The highest BCUT2D eigenvalue weighted by molar-refractivity contribution is 6.30. The van der Waals surface area contributed by atoms with Crippen molar-refractivity contribution in [2.45, 2.75) is 19.4 Å². The number of hydrogen-bond acceptors (Lipinski definition) is 3. The lowest BCUT2D eigenvalue weighted by Gasteiger charge is -2.30. The van der Waals surface area contributed by atoms with Gasteiger partial charge in [-0.2, -0.15) is 0 Å². The predicted octanol–water partition coefficient (Wildman–Crippen LogP) is 1.76. The number of carbonyl (C=O) groups is 2. The van der Waals surface area contributed by atoms with E-state index in [2.05, 4.69) is 10.2 Å². The highest BCUT2D eigenvalue weighted by atomic mass is 35.5. The number of piperidine rings is 1. The third kappa shape index (κ3) is 5.52. The van der Waals surface area contributed by atoms with Crippen LogP contribution in [0, 0.1) is 5.92 Å². The fraction of sp³-hybridized carbons (Fsp3) is 0.529. The summed E-state index contributed by atoms with van der Waals surface area (Å²) in [5.41, 5.74) is 1.06. The van der Waals surface area contributed by atoms with E-state index in [1.807, 2.05) is 43.3 Å². The largest absolute Gasteiger partial charge is 0.355 e. The summed E-state index contributed by atoms with van der Waals surface area (Å²) in [5, 5.41) is 3.48. The van der Waals surface area contributed by atoms with Crippen LogP contribution in [0.3, 0.4) is 0 Å².